The molecular weight excluding hydrogens is 832 g/mol. The molecule has 1 saturated heterocycles. The van der Waals surface area contributed by atoms with E-state index in [0.717, 1.165) is 36.3 Å². The van der Waals surface area contributed by atoms with E-state index in [-0.39, 0.29) is 37.1 Å². The van der Waals surface area contributed by atoms with E-state index < -0.39 is 11.9 Å². The van der Waals surface area contributed by atoms with Gasteiger partial charge >= 0.3 is 0 Å². The van der Waals surface area contributed by atoms with Gasteiger partial charge in [-0.2, -0.15) is 0 Å². The lowest BCUT2D eigenvalue weighted by atomic mass is 10.0. The minimum Gasteiger partial charge on any atom is -0.508 e. The molecule has 1 atom stereocenters. The van der Waals surface area contributed by atoms with Crippen molar-refractivity contribution in [2.24, 2.45) is 0 Å². The summed E-state index contributed by atoms with van der Waals surface area (Å²) in [4.78, 5) is 39.3. The van der Waals surface area contributed by atoms with Crippen molar-refractivity contribution in [2.75, 3.05) is 66.1 Å². The van der Waals surface area contributed by atoms with Crippen LogP contribution in [0, 0.1) is 0 Å². The summed E-state index contributed by atoms with van der Waals surface area (Å²) in [6.45, 7) is 4.19. The van der Waals surface area contributed by atoms with Crippen LogP contribution in [0.2, 0.25) is 0 Å². The van der Waals surface area contributed by atoms with Crippen LogP contribution < -0.4 is 19.5 Å². The molecule has 2 N–H and O–H groups in total. The fourth-order valence-electron chi connectivity index (χ4n) is 6.56. The third kappa shape index (κ3) is 10.5. The Morgan fingerprint density at radius 1 is 0.741 bits per heavy atom. The predicted octanol–water partition coefficient (Wildman–Crippen LogP) is 7.11. The number of aromatic hydroxyl groups is 1. The standard InChI is InChI=1S/C43H43BrN2O11S/c44-29-6-4-28(5-7-29)41-40(34-13-8-30(47)26-38(34)58-41)57-32-11-9-31(10-12-32)55-24-22-53-20-18-51-16-17-52-19-21-54-23-25-56-37-3-1-2-33-35(37)27-46(43(33)50)36-14-15-39(48)45-42(36)49/h1-13,26,36,47H,14-25,27H2,(H,45,48,49). The molecule has 0 spiro atoms. The molecule has 13 nitrogen and oxygen atoms in total. The normalized spacial score (nSPS) is 15.2. The minimum atomic E-state index is -0.672. The lowest BCUT2D eigenvalue weighted by molar-refractivity contribution is -0.136. The van der Waals surface area contributed by atoms with Gasteiger partial charge in [-0.05, 0) is 78.7 Å². The maximum absolute atomic E-state index is 13.0. The molecule has 7 rings (SSSR count). The average Bonchev–Trinajstić information content (AvgIpc) is 3.75. The van der Waals surface area contributed by atoms with Crippen LogP contribution >= 0.6 is 27.3 Å². The molecule has 1 aromatic heterocycles. The zero-order valence-electron chi connectivity index (χ0n) is 31.6. The molecule has 1 unspecified atom stereocenters. The Hall–Kier alpha value is -5.03. The van der Waals surface area contributed by atoms with E-state index in [4.69, 9.17) is 33.2 Å². The molecule has 5 aromatic rings. The summed E-state index contributed by atoms with van der Waals surface area (Å²) >= 11 is 5.07. The number of thiophene rings is 1. The van der Waals surface area contributed by atoms with Gasteiger partial charge in [0.05, 0.1) is 64.3 Å². The van der Waals surface area contributed by atoms with Crippen molar-refractivity contribution in [1.29, 1.82) is 0 Å². The first kappa shape index (κ1) is 41.1. The molecule has 3 heterocycles. The van der Waals surface area contributed by atoms with Gasteiger partial charge in [0.2, 0.25) is 11.8 Å². The van der Waals surface area contributed by atoms with Crippen LogP contribution in [-0.4, -0.2) is 99.8 Å². The number of hydrogen-bond acceptors (Lipinski definition) is 12. The van der Waals surface area contributed by atoms with Gasteiger partial charge in [0.1, 0.15) is 42.3 Å². The Balaban J connectivity index is 0.710. The van der Waals surface area contributed by atoms with Crippen molar-refractivity contribution in [3.05, 3.63) is 101 Å². The third-order valence-electron chi connectivity index (χ3n) is 9.41. The van der Waals surface area contributed by atoms with Crippen molar-refractivity contribution in [3.63, 3.8) is 0 Å². The monoisotopic (exact) mass is 874 g/mol. The average molecular weight is 876 g/mol. The van der Waals surface area contributed by atoms with E-state index in [1.807, 2.05) is 54.6 Å². The van der Waals surface area contributed by atoms with Crippen LogP contribution in [0.25, 0.3) is 20.5 Å². The highest BCUT2D eigenvalue weighted by molar-refractivity contribution is 9.10. The summed E-state index contributed by atoms with van der Waals surface area (Å²) in [5, 5.41) is 13.3. The first-order chi connectivity index (χ1) is 28.3. The Bertz CT molecular complexity index is 2200. The van der Waals surface area contributed by atoms with Gasteiger partial charge in [-0.1, -0.05) is 34.1 Å². The smallest absolute Gasteiger partial charge is 0.255 e. The van der Waals surface area contributed by atoms with Crippen LogP contribution in [0.15, 0.2) is 89.4 Å². The molecule has 58 heavy (non-hydrogen) atoms. The molecule has 0 aliphatic carbocycles. The van der Waals surface area contributed by atoms with E-state index in [2.05, 4.69) is 21.2 Å². The number of amides is 3. The number of ether oxygens (including phenoxy) is 7. The van der Waals surface area contributed by atoms with Crippen molar-refractivity contribution in [2.45, 2.75) is 25.4 Å². The number of carbonyl (C=O) groups is 3. The lowest BCUT2D eigenvalue weighted by Crippen LogP contribution is -2.52. The fraction of sp³-hybridized carbons (Fsp3) is 0.326. The highest BCUT2D eigenvalue weighted by atomic mass is 79.9. The maximum atomic E-state index is 13.0. The number of fused-ring (bicyclic) bond motifs is 2. The quantitative estimate of drug-likeness (QED) is 0.0574. The summed E-state index contributed by atoms with van der Waals surface area (Å²) < 4.78 is 42.5. The largest absolute Gasteiger partial charge is 0.508 e. The topological polar surface area (TPSA) is 151 Å². The van der Waals surface area contributed by atoms with Gasteiger partial charge in [0.15, 0.2) is 5.75 Å². The van der Waals surface area contributed by atoms with E-state index >= 15 is 0 Å². The zero-order chi connectivity index (χ0) is 40.3. The van der Waals surface area contributed by atoms with Crippen molar-refractivity contribution in [3.8, 4) is 39.2 Å². The first-order valence-electron chi connectivity index (χ1n) is 19.0. The number of nitrogens with one attached hydrogen (secondary N) is 1. The van der Waals surface area contributed by atoms with E-state index in [1.165, 1.54) is 4.90 Å². The Kier molecular flexibility index (Phi) is 14.3. The van der Waals surface area contributed by atoms with Gasteiger partial charge in [-0.15, -0.1) is 11.3 Å². The van der Waals surface area contributed by atoms with Gasteiger partial charge < -0.3 is 43.2 Å². The molecule has 4 aromatic carbocycles. The van der Waals surface area contributed by atoms with Gasteiger partial charge in [-0.25, -0.2) is 0 Å². The van der Waals surface area contributed by atoms with Crippen molar-refractivity contribution in [1.82, 2.24) is 10.2 Å². The summed E-state index contributed by atoms with van der Waals surface area (Å²) in [7, 11) is 0. The Labute approximate surface area is 347 Å². The number of imide groups is 1. The second kappa shape index (κ2) is 20.1. The molecule has 2 aliphatic heterocycles. The van der Waals surface area contributed by atoms with Gasteiger partial charge in [0, 0.05) is 32.1 Å². The number of carbonyl (C=O) groups excluding carboxylic acids is 3. The van der Waals surface area contributed by atoms with Gasteiger partial charge in [0.25, 0.3) is 5.91 Å². The Morgan fingerprint density at radius 3 is 2.05 bits per heavy atom. The lowest BCUT2D eigenvalue weighted by Gasteiger charge is -2.29. The van der Waals surface area contributed by atoms with Crippen LogP contribution in [0.1, 0.15) is 28.8 Å². The minimum absolute atomic E-state index is 0.205. The number of piperidine rings is 1. The number of hydrogen-bond donors (Lipinski definition) is 2. The predicted molar refractivity (Wildman–Crippen MR) is 220 cm³/mol. The first-order valence-corrected chi connectivity index (χ1v) is 20.6. The van der Waals surface area contributed by atoms with E-state index in [9.17, 15) is 19.5 Å². The van der Waals surface area contributed by atoms with Crippen LogP contribution in [0.4, 0.5) is 0 Å². The number of benzene rings is 4. The zero-order valence-corrected chi connectivity index (χ0v) is 34.0. The molecule has 3 amide bonds. The molecule has 0 saturated carbocycles. The molecule has 1 fully saturated rings. The molecule has 304 valence electrons. The van der Waals surface area contributed by atoms with Crippen LogP contribution in [0.3, 0.4) is 0 Å². The highest BCUT2D eigenvalue weighted by Gasteiger charge is 2.40. The van der Waals surface area contributed by atoms with Crippen molar-refractivity contribution >= 4 is 55.1 Å². The van der Waals surface area contributed by atoms with E-state index in [1.54, 1.807) is 41.7 Å². The fourth-order valence-corrected chi connectivity index (χ4v) is 7.99. The SMILES string of the molecule is O=C1CCC(N2Cc3c(OCCOCCOCCOCCOCCOc4ccc(Oc5c(-c6ccc(Br)cc6)sc6cc(O)ccc56)cc4)cccc3C2=O)C(=O)N1. The molecule has 0 radical (unpaired) electrons. The number of phenols is 1. The van der Waals surface area contributed by atoms with E-state index in [0.29, 0.717) is 88.7 Å². The number of nitrogens with zero attached hydrogens (tertiary/aromatic N) is 1. The van der Waals surface area contributed by atoms with Crippen LogP contribution in [0.5, 0.6) is 28.7 Å². The maximum Gasteiger partial charge on any atom is 0.255 e. The summed E-state index contributed by atoms with van der Waals surface area (Å²) in [5.74, 6) is 1.90. The summed E-state index contributed by atoms with van der Waals surface area (Å²) in [6.07, 6.45) is 0.514. The highest BCUT2D eigenvalue weighted by Crippen LogP contribution is 2.47. The third-order valence-corrected chi connectivity index (χ3v) is 11.1. The molecule has 2 aliphatic rings. The van der Waals surface area contributed by atoms with Crippen LogP contribution in [-0.2, 0) is 35.1 Å². The summed E-state index contributed by atoms with van der Waals surface area (Å²) in [6, 6.07) is 25.4. The Morgan fingerprint density at radius 2 is 1.38 bits per heavy atom. The molecule has 15 heteroatoms. The van der Waals surface area contributed by atoms with Crippen molar-refractivity contribution < 1.29 is 52.6 Å². The summed E-state index contributed by atoms with van der Waals surface area (Å²) in [5.41, 5.74) is 2.26. The second-order valence-electron chi connectivity index (χ2n) is 13.3. The second-order valence-corrected chi connectivity index (χ2v) is 15.3. The number of halogens is 1. The molecule has 0 bridgehead atoms. The molecular formula is C43H43BrN2O11S. The van der Waals surface area contributed by atoms with Gasteiger partial charge in [-0.3, -0.25) is 19.7 Å². The number of rotatable bonds is 21. The number of phenolic OH excluding ortho intramolecular Hbond substituents is 1.